The van der Waals surface area contributed by atoms with Crippen molar-refractivity contribution in [2.24, 2.45) is 5.92 Å². The molecule has 0 spiro atoms. The predicted molar refractivity (Wildman–Crippen MR) is 107 cm³/mol. The van der Waals surface area contributed by atoms with E-state index in [-0.39, 0.29) is 11.9 Å². The minimum Gasteiger partial charge on any atom is -0.497 e. The molecule has 1 atom stereocenters. The average Bonchev–Trinajstić information content (AvgIpc) is 3.55. The van der Waals surface area contributed by atoms with Crippen molar-refractivity contribution in [3.63, 3.8) is 0 Å². The Morgan fingerprint density at radius 1 is 1.10 bits per heavy atom. The van der Waals surface area contributed by atoms with E-state index in [1.54, 1.807) is 49.6 Å². The van der Waals surface area contributed by atoms with E-state index in [1.807, 2.05) is 6.92 Å². The third-order valence-electron chi connectivity index (χ3n) is 4.69. The summed E-state index contributed by atoms with van der Waals surface area (Å²) in [5.74, 6) is 0.903. The first-order chi connectivity index (χ1) is 14.0. The lowest BCUT2D eigenvalue weighted by Gasteiger charge is -2.17. The van der Waals surface area contributed by atoms with Crippen LogP contribution in [-0.4, -0.2) is 37.3 Å². The van der Waals surface area contributed by atoms with Crippen molar-refractivity contribution in [2.75, 3.05) is 20.3 Å². The maximum Gasteiger partial charge on any atom is 0.341 e. The van der Waals surface area contributed by atoms with Crippen LogP contribution in [0.1, 0.15) is 41.7 Å². The van der Waals surface area contributed by atoms with E-state index < -0.39 is 12.6 Å². The molecule has 7 nitrogen and oxygen atoms in total. The van der Waals surface area contributed by atoms with E-state index in [0.29, 0.717) is 35.3 Å². The lowest BCUT2D eigenvalue weighted by Crippen LogP contribution is -2.27. The Hall–Kier alpha value is -3.22. The second kappa shape index (κ2) is 9.32. The zero-order chi connectivity index (χ0) is 20.8. The quantitative estimate of drug-likeness (QED) is 0.636. The van der Waals surface area contributed by atoms with Crippen LogP contribution in [0, 0.1) is 5.92 Å². The van der Waals surface area contributed by atoms with E-state index >= 15 is 0 Å². The molecule has 0 radical (unpaired) electrons. The van der Waals surface area contributed by atoms with Gasteiger partial charge in [-0.05, 0) is 55.5 Å². The van der Waals surface area contributed by atoms with Crippen molar-refractivity contribution < 1.29 is 28.9 Å². The molecule has 0 bridgehead atoms. The molecular formula is C22H25NO6. The molecule has 2 aromatic rings. The smallest absolute Gasteiger partial charge is 0.341 e. The minimum absolute atomic E-state index is 0.239. The SMILES string of the molecule is COc1ccc(C(=O)NC(C)c2ccc(OCC(=O)O)cc2)c(OCC2CC2)c1. The number of benzene rings is 2. The molecule has 2 N–H and O–H groups in total. The number of carboxylic acids is 1. The van der Waals surface area contributed by atoms with E-state index in [1.165, 1.54) is 0 Å². The highest BCUT2D eigenvalue weighted by molar-refractivity contribution is 5.97. The predicted octanol–water partition coefficient (Wildman–Crippen LogP) is 3.44. The van der Waals surface area contributed by atoms with E-state index in [9.17, 15) is 9.59 Å². The van der Waals surface area contributed by atoms with Crippen molar-refractivity contribution >= 4 is 11.9 Å². The molecule has 0 aromatic heterocycles. The van der Waals surface area contributed by atoms with Crippen molar-refractivity contribution in [1.82, 2.24) is 5.32 Å². The van der Waals surface area contributed by atoms with Gasteiger partial charge < -0.3 is 24.6 Å². The number of carbonyl (C=O) groups is 2. The van der Waals surface area contributed by atoms with Crippen LogP contribution in [-0.2, 0) is 4.79 Å². The Bertz CT molecular complexity index is 860. The van der Waals surface area contributed by atoms with Gasteiger partial charge in [0.1, 0.15) is 17.2 Å². The monoisotopic (exact) mass is 399 g/mol. The number of amides is 1. The number of methoxy groups -OCH3 is 1. The first-order valence-electron chi connectivity index (χ1n) is 9.52. The summed E-state index contributed by atoms with van der Waals surface area (Å²) in [4.78, 5) is 23.4. The van der Waals surface area contributed by atoms with Crippen LogP contribution in [0.3, 0.4) is 0 Å². The summed E-state index contributed by atoms with van der Waals surface area (Å²) in [5, 5.41) is 11.6. The second-order valence-electron chi connectivity index (χ2n) is 7.06. The van der Waals surface area contributed by atoms with Crippen LogP contribution in [0.15, 0.2) is 42.5 Å². The van der Waals surface area contributed by atoms with Crippen LogP contribution in [0.2, 0.25) is 0 Å². The number of ether oxygens (including phenoxy) is 3. The Kier molecular flexibility index (Phi) is 6.59. The summed E-state index contributed by atoms with van der Waals surface area (Å²) in [6.07, 6.45) is 2.32. The summed E-state index contributed by atoms with van der Waals surface area (Å²) in [6.45, 7) is 2.08. The number of carboxylic acid groups (broad SMARTS) is 1. The minimum atomic E-state index is -1.03. The third kappa shape index (κ3) is 5.88. The van der Waals surface area contributed by atoms with Crippen molar-refractivity contribution in [3.8, 4) is 17.2 Å². The number of hydrogen-bond acceptors (Lipinski definition) is 5. The molecule has 2 aromatic carbocycles. The normalized spacial score (nSPS) is 14.0. The highest BCUT2D eigenvalue weighted by Crippen LogP contribution is 2.32. The summed E-state index contributed by atoms with van der Waals surface area (Å²) >= 11 is 0. The van der Waals surface area contributed by atoms with Crippen molar-refractivity contribution in [1.29, 1.82) is 0 Å². The van der Waals surface area contributed by atoms with Gasteiger partial charge in [0.15, 0.2) is 6.61 Å². The van der Waals surface area contributed by atoms with Crippen LogP contribution in [0.4, 0.5) is 0 Å². The molecular weight excluding hydrogens is 374 g/mol. The maximum absolute atomic E-state index is 12.8. The molecule has 3 rings (SSSR count). The van der Waals surface area contributed by atoms with Crippen molar-refractivity contribution in [3.05, 3.63) is 53.6 Å². The molecule has 1 amide bonds. The topological polar surface area (TPSA) is 94.1 Å². The first kappa shape index (κ1) is 20.5. The fourth-order valence-electron chi connectivity index (χ4n) is 2.78. The van der Waals surface area contributed by atoms with Gasteiger partial charge in [0.25, 0.3) is 5.91 Å². The van der Waals surface area contributed by atoms with E-state index in [2.05, 4.69) is 5.32 Å². The maximum atomic E-state index is 12.8. The van der Waals surface area contributed by atoms with Crippen LogP contribution in [0.25, 0.3) is 0 Å². The average molecular weight is 399 g/mol. The first-order valence-corrected chi connectivity index (χ1v) is 9.52. The van der Waals surface area contributed by atoms with Crippen LogP contribution < -0.4 is 19.5 Å². The molecule has 1 saturated carbocycles. The van der Waals surface area contributed by atoms with Gasteiger partial charge in [0.2, 0.25) is 0 Å². The molecule has 0 aliphatic heterocycles. The molecule has 1 fully saturated rings. The number of nitrogens with one attached hydrogen (secondary N) is 1. The van der Waals surface area contributed by atoms with Gasteiger partial charge >= 0.3 is 5.97 Å². The van der Waals surface area contributed by atoms with Gasteiger partial charge in [-0.2, -0.15) is 0 Å². The number of aliphatic carboxylic acids is 1. The molecule has 0 saturated heterocycles. The summed E-state index contributed by atoms with van der Waals surface area (Å²) in [7, 11) is 1.58. The van der Waals surface area contributed by atoms with Gasteiger partial charge in [-0.15, -0.1) is 0 Å². The molecule has 154 valence electrons. The highest BCUT2D eigenvalue weighted by Gasteiger charge is 2.24. The van der Waals surface area contributed by atoms with Gasteiger partial charge in [-0.25, -0.2) is 4.79 Å². The Morgan fingerprint density at radius 2 is 1.79 bits per heavy atom. The summed E-state index contributed by atoms with van der Waals surface area (Å²) in [5.41, 5.74) is 1.33. The van der Waals surface area contributed by atoms with Crippen LogP contribution >= 0.6 is 0 Å². The lowest BCUT2D eigenvalue weighted by molar-refractivity contribution is -0.139. The lowest BCUT2D eigenvalue weighted by atomic mass is 10.1. The highest BCUT2D eigenvalue weighted by atomic mass is 16.5. The zero-order valence-electron chi connectivity index (χ0n) is 16.5. The number of rotatable bonds is 10. The van der Waals surface area contributed by atoms with Gasteiger partial charge in [0.05, 0.1) is 25.3 Å². The number of carbonyl (C=O) groups excluding carboxylic acids is 1. The fourth-order valence-corrected chi connectivity index (χ4v) is 2.78. The second-order valence-corrected chi connectivity index (χ2v) is 7.06. The summed E-state index contributed by atoms with van der Waals surface area (Å²) in [6, 6.07) is 11.9. The fraction of sp³-hybridized carbons (Fsp3) is 0.364. The Balaban J connectivity index is 1.66. The molecule has 29 heavy (non-hydrogen) atoms. The molecule has 1 aliphatic carbocycles. The van der Waals surface area contributed by atoms with Gasteiger partial charge in [-0.1, -0.05) is 12.1 Å². The van der Waals surface area contributed by atoms with Crippen LogP contribution in [0.5, 0.6) is 17.2 Å². The van der Waals surface area contributed by atoms with E-state index in [4.69, 9.17) is 19.3 Å². The van der Waals surface area contributed by atoms with E-state index in [0.717, 1.165) is 18.4 Å². The third-order valence-corrected chi connectivity index (χ3v) is 4.69. The number of hydrogen-bond donors (Lipinski definition) is 2. The Morgan fingerprint density at radius 3 is 2.41 bits per heavy atom. The zero-order valence-corrected chi connectivity index (χ0v) is 16.5. The largest absolute Gasteiger partial charge is 0.497 e. The Labute approximate surface area is 169 Å². The molecule has 7 heteroatoms. The van der Waals surface area contributed by atoms with Gasteiger partial charge in [-0.3, -0.25) is 4.79 Å². The molecule has 1 aliphatic rings. The molecule has 1 unspecified atom stereocenters. The standard InChI is InChI=1S/C22H25NO6/c1-14(16-5-7-17(8-6-16)28-13-21(24)25)23-22(26)19-10-9-18(27-2)11-20(19)29-12-15-3-4-15/h5-11,14-15H,3-4,12-13H2,1-2H3,(H,23,26)(H,24,25). The van der Waals surface area contributed by atoms with Gasteiger partial charge in [0, 0.05) is 6.07 Å². The molecule has 0 heterocycles. The summed E-state index contributed by atoms with van der Waals surface area (Å²) < 4.78 is 16.2. The van der Waals surface area contributed by atoms with Crippen molar-refractivity contribution in [2.45, 2.75) is 25.8 Å².